The number of anilines is 2. The lowest BCUT2D eigenvalue weighted by Crippen LogP contribution is -2.24. The van der Waals surface area contributed by atoms with Gasteiger partial charge in [0.2, 0.25) is 0 Å². The topological polar surface area (TPSA) is 45.7 Å². The van der Waals surface area contributed by atoms with Gasteiger partial charge in [0, 0.05) is 18.7 Å². The highest BCUT2D eigenvalue weighted by molar-refractivity contribution is 6.00. The quantitative estimate of drug-likeness (QED) is 0.565. The molecule has 1 aliphatic heterocycles. The summed E-state index contributed by atoms with van der Waals surface area (Å²) in [6.45, 7) is 5.70. The number of fused-ring (bicyclic) bond motifs is 2. The van der Waals surface area contributed by atoms with Crippen LogP contribution in [-0.4, -0.2) is 18.9 Å². The van der Waals surface area contributed by atoms with Gasteiger partial charge in [-0.05, 0) is 44.2 Å². The molecule has 2 aromatic rings. The largest absolute Gasteiger partial charge is 0.453 e. The molecule has 0 radical (unpaired) electrons. The molecule has 0 amide bonds. The molecule has 4 nitrogen and oxygen atoms in total. The minimum absolute atomic E-state index is 0.751. The molecule has 0 saturated heterocycles. The third kappa shape index (κ3) is 2.70. The zero-order chi connectivity index (χ0) is 14.7. The Morgan fingerprint density at radius 2 is 1.90 bits per heavy atom. The van der Waals surface area contributed by atoms with E-state index in [1.54, 1.807) is 0 Å². The first-order valence-corrected chi connectivity index (χ1v) is 7.28. The zero-order valence-electron chi connectivity index (χ0n) is 12.3. The van der Waals surface area contributed by atoms with E-state index in [1.807, 2.05) is 43.3 Å². The fourth-order valence-corrected chi connectivity index (χ4v) is 2.35. The first kappa shape index (κ1) is 13.5. The molecule has 0 atom stereocenters. The predicted molar refractivity (Wildman–Crippen MR) is 87.0 cm³/mol. The number of ether oxygens (including phenoxy) is 1. The van der Waals surface area contributed by atoms with Crippen molar-refractivity contribution in [3.63, 3.8) is 0 Å². The smallest absolute Gasteiger partial charge is 0.151 e. The molecule has 21 heavy (non-hydrogen) atoms. The molecule has 1 heterocycles. The van der Waals surface area contributed by atoms with E-state index < -0.39 is 0 Å². The molecule has 0 saturated carbocycles. The van der Waals surface area contributed by atoms with Gasteiger partial charge in [0.05, 0.1) is 11.4 Å². The zero-order valence-corrected chi connectivity index (χ0v) is 12.3. The molecular formula is C17H19N3O. The number of amidine groups is 1. The van der Waals surface area contributed by atoms with Crippen molar-refractivity contribution in [2.24, 2.45) is 4.99 Å². The standard InChI is InChI=1S/C17H19N3O/c1-3-18-17(19-4-2)12-9-10-14-16(11-12)21-15-8-6-5-7-13(15)20-14/h5-11,20H,3-4H2,1-2H3,(H,18,19). The first-order chi connectivity index (χ1) is 10.3. The molecular weight excluding hydrogens is 262 g/mol. The number of hydrogen-bond acceptors (Lipinski definition) is 3. The lowest BCUT2D eigenvalue weighted by atomic mass is 10.1. The Hall–Kier alpha value is -2.49. The number of para-hydroxylation sites is 2. The molecule has 0 fully saturated rings. The monoisotopic (exact) mass is 281 g/mol. The van der Waals surface area contributed by atoms with Crippen LogP contribution in [0.5, 0.6) is 11.5 Å². The Kier molecular flexibility index (Phi) is 3.77. The van der Waals surface area contributed by atoms with Gasteiger partial charge in [0.15, 0.2) is 11.5 Å². The van der Waals surface area contributed by atoms with E-state index in [-0.39, 0.29) is 0 Å². The van der Waals surface area contributed by atoms with Crippen molar-refractivity contribution >= 4 is 17.2 Å². The Bertz CT molecular complexity index is 679. The second kappa shape index (κ2) is 5.87. The molecule has 0 unspecified atom stereocenters. The van der Waals surface area contributed by atoms with E-state index in [0.29, 0.717) is 0 Å². The third-order valence-electron chi connectivity index (χ3n) is 3.29. The molecule has 4 heteroatoms. The summed E-state index contributed by atoms with van der Waals surface area (Å²) < 4.78 is 5.98. The average Bonchev–Trinajstić information content (AvgIpc) is 2.52. The van der Waals surface area contributed by atoms with Crippen molar-refractivity contribution in [3.8, 4) is 11.5 Å². The van der Waals surface area contributed by atoms with Crippen molar-refractivity contribution in [2.45, 2.75) is 13.8 Å². The third-order valence-corrected chi connectivity index (χ3v) is 3.29. The Labute approximate surface area is 124 Å². The van der Waals surface area contributed by atoms with Crippen LogP contribution in [0.25, 0.3) is 0 Å². The fraction of sp³-hybridized carbons (Fsp3) is 0.235. The Balaban J connectivity index is 1.94. The minimum atomic E-state index is 0.751. The second-order valence-corrected chi connectivity index (χ2v) is 4.79. The van der Waals surface area contributed by atoms with E-state index in [4.69, 9.17) is 4.74 Å². The van der Waals surface area contributed by atoms with E-state index in [1.165, 1.54) is 0 Å². The van der Waals surface area contributed by atoms with E-state index in [0.717, 1.165) is 47.4 Å². The van der Waals surface area contributed by atoms with Gasteiger partial charge in [0.25, 0.3) is 0 Å². The highest BCUT2D eigenvalue weighted by atomic mass is 16.5. The summed E-state index contributed by atoms with van der Waals surface area (Å²) in [6, 6.07) is 14.0. The molecule has 2 N–H and O–H groups in total. The van der Waals surface area contributed by atoms with Crippen LogP contribution in [0.3, 0.4) is 0 Å². The lowest BCUT2D eigenvalue weighted by molar-refractivity contribution is 0.481. The second-order valence-electron chi connectivity index (χ2n) is 4.79. The molecule has 108 valence electrons. The summed E-state index contributed by atoms with van der Waals surface area (Å²) in [6.07, 6.45) is 0. The van der Waals surface area contributed by atoms with Crippen LogP contribution in [0.1, 0.15) is 19.4 Å². The van der Waals surface area contributed by atoms with Crippen LogP contribution < -0.4 is 15.4 Å². The maximum atomic E-state index is 5.98. The number of hydrogen-bond donors (Lipinski definition) is 2. The van der Waals surface area contributed by atoms with Gasteiger partial charge in [-0.15, -0.1) is 0 Å². The van der Waals surface area contributed by atoms with Gasteiger partial charge in [-0.1, -0.05) is 12.1 Å². The molecule has 3 rings (SSSR count). The van der Waals surface area contributed by atoms with Crippen molar-refractivity contribution in [3.05, 3.63) is 48.0 Å². The van der Waals surface area contributed by atoms with E-state index in [9.17, 15) is 0 Å². The number of benzene rings is 2. The molecule has 0 aromatic heterocycles. The predicted octanol–water partition coefficient (Wildman–Crippen LogP) is 3.91. The van der Waals surface area contributed by atoms with Crippen molar-refractivity contribution < 1.29 is 4.74 Å². The highest BCUT2D eigenvalue weighted by Gasteiger charge is 2.17. The van der Waals surface area contributed by atoms with E-state index in [2.05, 4.69) is 28.6 Å². The van der Waals surface area contributed by atoms with Gasteiger partial charge < -0.3 is 15.4 Å². The number of rotatable bonds is 3. The maximum absolute atomic E-state index is 5.98. The Morgan fingerprint density at radius 1 is 1.10 bits per heavy atom. The van der Waals surface area contributed by atoms with Crippen molar-refractivity contribution in [2.75, 3.05) is 18.4 Å². The van der Waals surface area contributed by atoms with Crippen LogP contribution in [0.4, 0.5) is 11.4 Å². The van der Waals surface area contributed by atoms with Crippen LogP contribution >= 0.6 is 0 Å². The highest BCUT2D eigenvalue weighted by Crippen LogP contribution is 2.41. The lowest BCUT2D eigenvalue weighted by Gasteiger charge is -2.22. The molecule has 1 aliphatic rings. The molecule has 0 bridgehead atoms. The Morgan fingerprint density at radius 3 is 2.71 bits per heavy atom. The van der Waals surface area contributed by atoms with Crippen molar-refractivity contribution in [1.29, 1.82) is 0 Å². The van der Waals surface area contributed by atoms with Gasteiger partial charge in [-0.2, -0.15) is 0 Å². The fourth-order valence-electron chi connectivity index (χ4n) is 2.35. The molecule has 0 spiro atoms. The van der Waals surface area contributed by atoms with Gasteiger partial charge >= 0.3 is 0 Å². The van der Waals surface area contributed by atoms with Gasteiger partial charge in [-0.3, -0.25) is 4.99 Å². The number of aliphatic imine (C=N–C) groups is 1. The van der Waals surface area contributed by atoms with Crippen LogP contribution in [0.2, 0.25) is 0 Å². The SMILES string of the molecule is CCN=C(NCC)c1ccc2c(c1)Oc1ccccc1N2. The van der Waals surface area contributed by atoms with Crippen LogP contribution in [0.15, 0.2) is 47.5 Å². The number of nitrogens with zero attached hydrogens (tertiary/aromatic N) is 1. The summed E-state index contributed by atoms with van der Waals surface area (Å²) in [5.41, 5.74) is 3.01. The maximum Gasteiger partial charge on any atom is 0.151 e. The van der Waals surface area contributed by atoms with Crippen LogP contribution in [0, 0.1) is 0 Å². The summed E-state index contributed by atoms with van der Waals surface area (Å²) >= 11 is 0. The van der Waals surface area contributed by atoms with Crippen LogP contribution in [-0.2, 0) is 0 Å². The van der Waals surface area contributed by atoms with E-state index >= 15 is 0 Å². The summed E-state index contributed by atoms with van der Waals surface area (Å²) in [5.74, 6) is 2.58. The summed E-state index contributed by atoms with van der Waals surface area (Å²) in [7, 11) is 0. The van der Waals surface area contributed by atoms with Gasteiger partial charge in [0.1, 0.15) is 5.84 Å². The minimum Gasteiger partial charge on any atom is -0.453 e. The van der Waals surface area contributed by atoms with Gasteiger partial charge in [-0.25, -0.2) is 0 Å². The average molecular weight is 281 g/mol. The molecule has 0 aliphatic carbocycles. The summed E-state index contributed by atoms with van der Waals surface area (Å²) in [4.78, 5) is 4.51. The van der Waals surface area contributed by atoms with Crippen molar-refractivity contribution in [1.82, 2.24) is 5.32 Å². The molecule has 2 aromatic carbocycles. The summed E-state index contributed by atoms with van der Waals surface area (Å²) in [5, 5.41) is 6.69. The first-order valence-electron chi connectivity index (χ1n) is 7.28. The number of nitrogens with one attached hydrogen (secondary N) is 2. The normalized spacial score (nSPS) is 12.8.